The first-order valence-electron chi connectivity index (χ1n) is 7.86. The van der Waals surface area contributed by atoms with Gasteiger partial charge in [0.25, 0.3) is 0 Å². The average Bonchev–Trinajstić information content (AvgIpc) is 2.77. The van der Waals surface area contributed by atoms with Crippen molar-refractivity contribution < 1.29 is 19.1 Å². The second kappa shape index (κ2) is 4.10. The summed E-state index contributed by atoms with van der Waals surface area (Å²) in [6.45, 7) is 3.70. The van der Waals surface area contributed by atoms with Gasteiger partial charge >= 0.3 is 11.9 Å². The summed E-state index contributed by atoms with van der Waals surface area (Å²) in [7, 11) is 2.69. The summed E-state index contributed by atoms with van der Waals surface area (Å²) in [6, 6.07) is 0. The molecule has 6 unspecified atom stereocenters. The summed E-state index contributed by atoms with van der Waals surface area (Å²) in [5.74, 6) is -0.954. The van der Waals surface area contributed by atoms with Gasteiger partial charge in [0, 0.05) is 11.8 Å². The third kappa shape index (κ3) is 1.22. The molecule has 5 rings (SSSR count). The molecule has 23 heavy (non-hydrogen) atoms. The Kier molecular flexibility index (Phi) is 2.60. The maximum atomic E-state index is 13.1. The lowest BCUT2D eigenvalue weighted by Gasteiger charge is -2.63. The molecule has 0 radical (unpaired) electrons. The van der Waals surface area contributed by atoms with Crippen LogP contribution in [0.5, 0.6) is 0 Å². The second-order valence-electron chi connectivity index (χ2n) is 7.29. The van der Waals surface area contributed by atoms with E-state index in [9.17, 15) is 9.59 Å². The Balaban J connectivity index is 2.06. The van der Waals surface area contributed by atoms with Crippen molar-refractivity contribution in [3.8, 4) is 0 Å². The van der Waals surface area contributed by atoms with Gasteiger partial charge in [-0.2, -0.15) is 10.2 Å². The van der Waals surface area contributed by atoms with Gasteiger partial charge in [0.15, 0.2) is 0 Å². The highest BCUT2D eigenvalue weighted by molar-refractivity contribution is 5.96. The molecule has 0 aromatic heterocycles. The number of hydrogen-bond donors (Lipinski definition) is 0. The van der Waals surface area contributed by atoms with Crippen LogP contribution in [-0.2, 0) is 19.1 Å². The zero-order valence-electron chi connectivity index (χ0n) is 13.6. The Morgan fingerprint density at radius 1 is 0.870 bits per heavy atom. The third-order valence-electron chi connectivity index (χ3n) is 6.37. The number of carbonyl (C=O) groups excluding carboxylic acids is 2. The molecule has 0 aromatic rings. The monoisotopic (exact) mass is 316 g/mol. The van der Waals surface area contributed by atoms with Crippen molar-refractivity contribution >= 4 is 11.9 Å². The normalized spacial score (nSPS) is 46.8. The van der Waals surface area contributed by atoms with Crippen molar-refractivity contribution in [3.63, 3.8) is 0 Å². The summed E-state index contributed by atoms with van der Waals surface area (Å²) in [4.78, 5) is 26.0. The Morgan fingerprint density at radius 2 is 1.43 bits per heavy atom. The van der Waals surface area contributed by atoms with Gasteiger partial charge in [-0.05, 0) is 25.7 Å². The molecule has 5 aliphatic rings. The van der Waals surface area contributed by atoms with E-state index in [1.165, 1.54) is 14.2 Å². The van der Waals surface area contributed by atoms with Gasteiger partial charge in [0.1, 0.15) is 5.41 Å². The van der Waals surface area contributed by atoms with E-state index in [2.05, 4.69) is 22.4 Å². The Labute approximate surface area is 134 Å². The van der Waals surface area contributed by atoms with Crippen LogP contribution in [0.25, 0.3) is 0 Å². The molecule has 0 amide bonds. The van der Waals surface area contributed by atoms with Crippen molar-refractivity contribution in [1.29, 1.82) is 0 Å². The molecule has 4 aliphatic carbocycles. The summed E-state index contributed by atoms with van der Waals surface area (Å²) in [5.41, 5.74) is -3.37. The predicted molar refractivity (Wildman–Crippen MR) is 80.4 cm³/mol. The van der Waals surface area contributed by atoms with E-state index >= 15 is 0 Å². The minimum Gasteiger partial charge on any atom is -0.468 e. The van der Waals surface area contributed by atoms with E-state index < -0.39 is 28.4 Å². The Bertz CT molecular complexity index is 695. The molecule has 122 valence electrons. The van der Waals surface area contributed by atoms with Gasteiger partial charge < -0.3 is 9.47 Å². The lowest BCUT2D eigenvalue weighted by molar-refractivity contribution is -0.191. The minimum atomic E-state index is -1.34. The van der Waals surface area contributed by atoms with Gasteiger partial charge in [-0.1, -0.05) is 24.3 Å². The predicted octanol–water partition coefficient (Wildman–Crippen LogP) is 1.92. The molecule has 6 heteroatoms. The minimum absolute atomic E-state index is 0.181. The molecule has 2 bridgehead atoms. The number of methoxy groups -OCH3 is 2. The standard InChI is InChI=1S/C17H20N2O4/c1-15(2)16(13(20)22-3)11-7-8-12(10-6-5-9(10)11)17(16,19-18-15)14(21)23-4/h5-12H,1-4H3. The van der Waals surface area contributed by atoms with E-state index in [1.54, 1.807) is 0 Å². The number of rotatable bonds is 2. The van der Waals surface area contributed by atoms with Crippen LogP contribution in [0.4, 0.5) is 0 Å². The second-order valence-corrected chi connectivity index (χ2v) is 7.29. The number of ether oxygens (including phenoxy) is 2. The highest BCUT2D eigenvalue weighted by Crippen LogP contribution is 2.71. The zero-order chi connectivity index (χ0) is 16.6. The molecular weight excluding hydrogens is 296 g/mol. The number of carbonyl (C=O) groups is 2. The number of azo groups is 1. The highest BCUT2D eigenvalue weighted by Gasteiger charge is 2.83. The van der Waals surface area contributed by atoms with Crippen LogP contribution < -0.4 is 0 Å². The van der Waals surface area contributed by atoms with Crippen LogP contribution in [0.3, 0.4) is 0 Å². The number of hydrogen-bond acceptors (Lipinski definition) is 6. The van der Waals surface area contributed by atoms with Crippen LogP contribution in [0, 0.1) is 29.1 Å². The van der Waals surface area contributed by atoms with Gasteiger partial charge in [-0.3, -0.25) is 4.79 Å². The molecule has 0 N–H and O–H groups in total. The maximum absolute atomic E-state index is 13.1. The zero-order valence-corrected chi connectivity index (χ0v) is 13.6. The number of nitrogens with zero attached hydrogens (tertiary/aromatic N) is 2. The van der Waals surface area contributed by atoms with E-state index in [-0.39, 0.29) is 23.7 Å². The van der Waals surface area contributed by atoms with Crippen LogP contribution in [-0.4, -0.2) is 37.2 Å². The topological polar surface area (TPSA) is 77.3 Å². The van der Waals surface area contributed by atoms with Gasteiger partial charge in [0.2, 0.25) is 5.54 Å². The first kappa shape index (κ1) is 14.6. The van der Waals surface area contributed by atoms with E-state index in [4.69, 9.17) is 9.47 Å². The van der Waals surface area contributed by atoms with E-state index in [0.717, 1.165) is 0 Å². The van der Waals surface area contributed by atoms with Gasteiger partial charge in [-0.25, -0.2) is 4.79 Å². The van der Waals surface area contributed by atoms with Crippen LogP contribution in [0.1, 0.15) is 13.8 Å². The van der Waals surface area contributed by atoms with Crippen molar-refractivity contribution in [1.82, 2.24) is 0 Å². The fourth-order valence-corrected chi connectivity index (χ4v) is 5.45. The van der Waals surface area contributed by atoms with Gasteiger partial charge in [-0.15, -0.1) is 0 Å². The molecule has 6 atom stereocenters. The summed E-state index contributed by atoms with van der Waals surface area (Å²) in [5, 5.41) is 8.81. The molecule has 1 saturated carbocycles. The van der Waals surface area contributed by atoms with Crippen LogP contribution in [0.15, 0.2) is 34.5 Å². The first-order chi connectivity index (χ1) is 10.9. The van der Waals surface area contributed by atoms with E-state index in [1.807, 2.05) is 26.0 Å². The van der Waals surface area contributed by atoms with Crippen molar-refractivity contribution in [2.45, 2.75) is 24.9 Å². The average molecular weight is 316 g/mol. The molecule has 1 heterocycles. The van der Waals surface area contributed by atoms with Crippen molar-refractivity contribution in [2.75, 3.05) is 14.2 Å². The fourth-order valence-electron chi connectivity index (χ4n) is 5.45. The molecule has 1 fully saturated rings. The summed E-state index contributed by atoms with van der Waals surface area (Å²) < 4.78 is 10.3. The molecule has 6 nitrogen and oxygen atoms in total. The van der Waals surface area contributed by atoms with Crippen molar-refractivity contribution in [3.05, 3.63) is 24.3 Å². The largest absolute Gasteiger partial charge is 0.468 e. The van der Waals surface area contributed by atoms with Crippen molar-refractivity contribution in [2.24, 2.45) is 39.3 Å². The SMILES string of the molecule is COC(=O)C12N=NC(C)(C)C1(C(=O)OC)C1C=CC2C2C=CC21. The number of allylic oxidation sites excluding steroid dienone is 3. The smallest absolute Gasteiger partial charge is 0.337 e. The molecule has 0 saturated heterocycles. The maximum Gasteiger partial charge on any atom is 0.337 e. The highest BCUT2D eigenvalue weighted by atomic mass is 16.5. The Morgan fingerprint density at radius 3 is 2.00 bits per heavy atom. The Hall–Kier alpha value is -1.98. The fraction of sp³-hybridized carbons (Fsp3) is 0.647. The first-order valence-corrected chi connectivity index (χ1v) is 7.86. The number of esters is 2. The van der Waals surface area contributed by atoms with E-state index in [0.29, 0.717) is 0 Å². The lowest BCUT2D eigenvalue weighted by atomic mass is 9.37. The molecule has 1 aliphatic heterocycles. The summed E-state index contributed by atoms with van der Waals surface area (Å²) in [6.07, 6.45) is 8.27. The molecule has 0 spiro atoms. The van der Waals surface area contributed by atoms with Crippen LogP contribution in [0.2, 0.25) is 0 Å². The lowest BCUT2D eigenvalue weighted by Crippen LogP contribution is -2.75. The van der Waals surface area contributed by atoms with Gasteiger partial charge in [0.05, 0.1) is 19.8 Å². The third-order valence-corrected chi connectivity index (χ3v) is 6.37. The quantitative estimate of drug-likeness (QED) is 0.576. The molecule has 0 aromatic carbocycles. The van der Waals surface area contributed by atoms with Crippen LogP contribution >= 0.6 is 0 Å². The summed E-state index contributed by atoms with van der Waals surface area (Å²) >= 11 is 0. The molecular formula is C17H20N2O4.